The number of aliphatic carboxylic acids is 1. The molecule has 1 N–H and O–H groups in total. The Balaban J connectivity index is 2.26. The van der Waals surface area contributed by atoms with Crippen molar-refractivity contribution in [3.8, 4) is 0 Å². The van der Waals surface area contributed by atoms with E-state index in [4.69, 9.17) is 16.7 Å². The molecule has 0 spiro atoms. The SMILES string of the molecule is Cc1cc(Cl)c(C(=O)N2CCCC2CC(=O)O)cc1F. The first-order valence-corrected chi connectivity index (χ1v) is 6.76. The minimum atomic E-state index is -0.948. The summed E-state index contributed by atoms with van der Waals surface area (Å²) >= 11 is 6.00. The van der Waals surface area contributed by atoms with Crippen LogP contribution in [0.5, 0.6) is 0 Å². The summed E-state index contributed by atoms with van der Waals surface area (Å²) in [6.45, 7) is 2.04. The fourth-order valence-electron chi connectivity index (χ4n) is 2.48. The number of amides is 1. The van der Waals surface area contributed by atoms with E-state index in [0.29, 0.717) is 18.5 Å². The van der Waals surface area contributed by atoms with Crippen LogP contribution in [0.2, 0.25) is 5.02 Å². The van der Waals surface area contributed by atoms with Crippen LogP contribution in [-0.2, 0) is 4.79 Å². The summed E-state index contributed by atoms with van der Waals surface area (Å²) in [6.07, 6.45) is 1.29. The molecule has 1 aliphatic heterocycles. The van der Waals surface area contributed by atoms with Crippen LogP contribution in [0.15, 0.2) is 12.1 Å². The van der Waals surface area contributed by atoms with Crippen molar-refractivity contribution in [2.75, 3.05) is 6.54 Å². The fraction of sp³-hybridized carbons (Fsp3) is 0.429. The lowest BCUT2D eigenvalue weighted by Crippen LogP contribution is -2.37. The molecular formula is C14H15ClFNO3. The van der Waals surface area contributed by atoms with Crippen LogP contribution in [0.4, 0.5) is 4.39 Å². The average Bonchev–Trinajstić information content (AvgIpc) is 2.80. The molecule has 4 nitrogen and oxygen atoms in total. The third-order valence-electron chi connectivity index (χ3n) is 3.53. The number of carboxylic acids is 1. The van der Waals surface area contributed by atoms with E-state index in [1.807, 2.05) is 0 Å². The number of benzene rings is 1. The predicted molar refractivity (Wildman–Crippen MR) is 72.5 cm³/mol. The molecule has 1 unspecified atom stereocenters. The van der Waals surface area contributed by atoms with E-state index in [-0.39, 0.29) is 23.0 Å². The van der Waals surface area contributed by atoms with Crippen LogP contribution in [-0.4, -0.2) is 34.5 Å². The number of carboxylic acid groups (broad SMARTS) is 1. The summed E-state index contributed by atoms with van der Waals surface area (Å²) in [5.41, 5.74) is 0.460. The van der Waals surface area contributed by atoms with Gasteiger partial charge >= 0.3 is 5.97 Å². The molecular weight excluding hydrogens is 285 g/mol. The maximum Gasteiger partial charge on any atom is 0.305 e. The molecule has 1 amide bonds. The van der Waals surface area contributed by atoms with Crippen molar-refractivity contribution < 1.29 is 19.1 Å². The third kappa shape index (κ3) is 2.93. The molecule has 1 aromatic carbocycles. The Morgan fingerprint density at radius 2 is 2.20 bits per heavy atom. The number of aryl methyl sites for hydroxylation is 1. The van der Waals surface area contributed by atoms with Gasteiger partial charge in [0.1, 0.15) is 5.82 Å². The number of carbonyl (C=O) groups excluding carboxylic acids is 1. The van der Waals surface area contributed by atoms with E-state index < -0.39 is 17.7 Å². The van der Waals surface area contributed by atoms with Crippen LogP contribution < -0.4 is 0 Å². The predicted octanol–water partition coefficient (Wildman–Crippen LogP) is 2.87. The highest BCUT2D eigenvalue weighted by Gasteiger charge is 2.32. The van der Waals surface area contributed by atoms with Crippen molar-refractivity contribution in [2.45, 2.75) is 32.2 Å². The van der Waals surface area contributed by atoms with Crippen molar-refractivity contribution in [3.05, 3.63) is 34.1 Å². The van der Waals surface area contributed by atoms with Gasteiger partial charge in [-0.2, -0.15) is 0 Å². The normalized spacial score (nSPS) is 18.4. The highest BCUT2D eigenvalue weighted by Crippen LogP contribution is 2.27. The molecule has 1 aliphatic rings. The molecule has 1 aromatic rings. The van der Waals surface area contributed by atoms with Crippen LogP contribution in [0.3, 0.4) is 0 Å². The molecule has 1 heterocycles. The summed E-state index contributed by atoms with van der Waals surface area (Å²) in [7, 11) is 0. The summed E-state index contributed by atoms with van der Waals surface area (Å²) in [4.78, 5) is 24.7. The Morgan fingerprint density at radius 1 is 1.50 bits per heavy atom. The largest absolute Gasteiger partial charge is 0.481 e. The number of hydrogen-bond donors (Lipinski definition) is 1. The van der Waals surface area contributed by atoms with Gasteiger partial charge in [0.05, 0.1) is 17.0 Å². The number of carbonyl (C=O) groups is 2. The second kappa shape index (κ2) is 5.79. The monoisotopic (exact) mass is 299 g/mol. The summed E-state index contributed by atoms with van der Waals surface area (Å²) < 4.78 is 13.6. The molecule has 0 radical (unpaired) electrons. The summed E-state index contributed by atoms with van der Waals surface area (Å²) in [5.74, 6) is -1.85. The second-order valence-electron chi connectivity index (χ2n) is 4.97. The van der Waals surface area contributed by atoms with Gasteiger partial charge in [0.15, 0.2) is 0 Å². The maximum atomic E-state index is 13.6. The van der Waals surface area contributed by atoms with Gasteiger partial charge in [-0.05, 0) is 37.5 Å². The van der Waals surface area contributed by atoms with Gasteiger partial charge < -0.3 is 10.0 Å². The standard InChI is InChI=1S/C14H15ClFNO3/c1-8-5-11(15)10(7-12(8)16)14(20)17-4-2-3-9(17)6-13(18)19/h5,7,9H,2-4,6H2,1H3,(H,18,19). The molecule has 20 heavy (non-hydrogen) atoms. The van der Waals surface area contributed by atoms with Gasteiger partial charge in [0.2, 0.25) is 0 Å². The van der Waals surface area contributed by atoms with Crippen molar-refractivity contribution in [3.63, 3.8) is 0 Å². The average molecular weight is 300 g/mol. The lowest BCUT2D eigenvalue weighted by atomic mass is 10.1. The smallest absolute Gasteiger partial charge is 0.305 e. The lowest BCUT2D eigenvalue weighted by molar-refractivity contribution is -0.137. The van der Waals surface area contributed by atoms with E-state index in [1.54, 1.807) is 6.92 Å². The zero-order chi connectivity index (χ0) is 14.9. The summed E-state index contributed by atoms with van der Waals surface area (Å²) in [6, 6.07) is 2.18. The number of nitrogens with zero attached hydrogens (tertiary/aromatic N) is 1. The lowest BCUT2D eigenvalue weighted by Gasteiger charge is -2.24. The number of hydrogen-bond acceptors (Lipinski definition) is 2. The van der Waals surface area contributed by atoms with Crippen LogP contribution in [0.1, 0.15) is 35.2 Å². The van der Waals surface area contributed by atoms with Crippen molar-refractivity contribution in [2.24, 2.45) is 0 Å². The minimum absolute atomic E-state index is 0.0899. The van der Waals surface area contributed by atoms with Gasteiger partial charge in [0.25, 0.3) is 5.91 Å². The molecule has 1 saturated heterocycles. The molecule has 0 bridgehead atoms. The van der Waals surface area contributed by atoms with E-state index in [2.05, 4.69) is 0 Å². The van der Waals surface area contributed by atoms with Gasteiger partial charge in [-0.3, -0.25) is 9.59 Å². The van der Waals surface area contributed by atoms with Crippen molar-refractivity contribution in [1.29, 1.82) is 0 Å². The highest BCUT2D eigenvalue weighted by atomic mass is 35.5. The fourth-order valence-corrected chi connectivity index (χ4v) is 2.78. The van der Waals surface area contributed by atoms with Crippen LogP contribution >= 0.6 is 11.6 Å². The Labute approximate surface area is 121 Å². The van der Waals surface area contributed by atoms with E-state index in [9.17, 15) is 14.0 Å². The molecule has 0 aliphatic carbocycles. The molecule has 2 rings (SSSR count). The Hall–Kier alpha value is -1.62. The van der Waals surface area contributed by atoms with Crippen LogP contribution in [0, 0.1) is 12.7 Å². The first-order valence-electron chi connectivity index (χ1n) is 6.38. The first-order chi connectivity index (χ1) is 9.40. The van der Waals surface area contributed by atoms with Crippen molar-refractivity contribution in [1.82, 2.24) is 4.90 Å². The van der Waals surface area contributed by atoms with E-state index in [0.717, 1.165) is 12.5 Å². The Morgan fingerprint density at radius 3 is 2.85 bits per heavy atom. The molecule has 108 valence electrons. The van der Waals surface area contributed by atoms with Gasteiger partial charge in [-0.25, -0.2) is 4.39 Å². The first kappa shape index (κ1) is 14.8. The summed E-state index contributed by atoms with van der Waals surface area (Å²) in [5, 5.41) is 9.04. The highest BCUT2D eigenvalue weighted by molar-refractivity contribution is 6.33. The van der Waals surface area contributed by atoms with Gasteiger partial charge in [-0.1, -0.05) is 11.6 Å². The van der Waals surface area contributed by atoms with E-state index >= 15 is 0 Å². The van der Waals surface area contributed by atoms with Crippen molar-refractivity contribution >= 4 is 23.5 Å². The minimum Gasteiger partial charge on any atom is -0.481 e. The number of rotatable bonds is 3. The van der Waals surface area contributed by atoms with Crippen LogP contribution in [0.25, 0.3) is 0 Å². The van der Waals surface area contributed by atoms with E-state index in [1.165, 1.54) is 11.0 Å². The Bertz CT molecular complexity index is 562. The number of likely N-dealkylation sites (tertiary alicyclic amines) is 1. The zero-order valence-electron chi connectivity index (χ0n) is 11.0. The molecule has 1 fully saturated rings. The topological polar surface area (TPSA) is 57.6 Å². The number of halogens is 2. The van der Waals surface area contributed by atoms with Gasteiger partial charge in [0, 0.05) is 12.6 Å². The molecule has 0 aromatic heterocycles. The Kier molecular flexibility index (Phi) is 4.28. The maximum absolute atomic E-state index is 13.6. The molecule has 1 atom stereocenters. The zero-order valence-corrected chi connectivity index (χ0v) is 11.8. The van der Waals surface area contributed by atoms with Gasteiger partial charge in [-0.15, -0.1) is 0 Å². The third-order valence-corrected chi connectivity index (χ3v) is 3.84. The molecule has 6 heteroatoms. The second-order valence-corrected chi connectivity index (χ2v) is 5.38. The quantitative estimate of drug-likeness (QED) is 0.933. The molecule has 0 saturated carbocycles.